The van der Waals surface area contributed by atoms with Gasteiger partial charge in [0.2, 0.25) is 0 Å². The molecule has 1 N–H and O–H groups in total. The zero-order valence-corrected chi connectivity index (χ0v) is 8.73. The van der Waals surface area contributed by atoms with Crippen molar-refractivity contribution in [1.82, 2.24) is 0 Å². The number of aromatic carboxylic acids is 1. The van der Waals surface area contributed by atoms with Gasteiger partial charge >= 0.3 is 5.97 Å². The highest BCUT2D eigenvalue weighted by Crippen LogP contribution is 2.46. The van der Waals surface area contributed by atoms with Crippen LogP contribution in [-0.4, -0.2) is 16.9 Å². The van der Waals surface area contributed by atoms with Gasteiger partial charge in [0, 0.05) is 12.8 Å². The van der Waals surface area contributed by atoms with Crippen molar-refractivity contribution in [3.63, 3.8) is 0 Å². The molecule has 4 heteroatoms. The molecule has 1 aliphatic heterocycles. The molecule has 2 aliphatic rings. The van der Waals surface area contributed by atoms with E-state index in [1.54, 1.807) is 12.1 Å². The standard InChI is InChI=1S/C12H12O4/c13-11(14)8-3-4-9-10(7-8)16-12(15-9)5-1-2-6-12/h3-4,7H,1-2,5-6H2,(H,13,14). The van der Waals surface area contributed by atoms with Gasteiger partial charge in [0.15, 0.2) is 11.5 Å². The molecule has 1 aromatic rings. The summed E-state index contributed by atoms with van der Waals surface area (Å²) in [5, 5.41) is 8.88. The summed E-state index contributed by atoms with van der Waals surface area (Å²) in [7, 11) is 0. The molecule has 0 amide bonds. The van der Waals surface area contributed by atoms with Crippen molar-refractivity contribution in [3.8, 4) is 11.5 Å². The Balaban J connectivity index is 1.94. The number of carboxylic acids is 1. The van der Waals surface area contributed by atoms with Gasteiger partial charge in [-0.15, -0.1) is 0 Å². The van der Waals surface area contributed by atoms with Crippen LogP contribution in [0.3, 0.4) is 0 Å². The van der Waals surface area contributed by atoms with E-state index in [1.165, 1.54) is 6.07 Å². The van der Waals surface area contributed by atoms with Gasteiger partial charge in [-0.05, 0) is 31.0 Å². The van der Waals surface area contributed by atoms with Crippen LogP contribution in [0.25, 0.3) is 0 Å². The maximum atomic E-state index is 10.8. The van der Waals surface area contributed by atoms with Crippen molar-refractivity contribution < 1.29 is 19.4 Å². The van der Waals surface area contributed by atoms with Crippen LogP contribution >= 0.6 is 0 Å². The summed E-state index contributed by atoms with van der Waals surface area (Å²) in [6.45, 7) is 0. The SMILES string of the molecule is O=C(O)c1ccc2c(c1)OC1(CCCC1)O2. The smallest absolute Gasteiger partial charge is 0.335 e. The van der Waals surface area contributed by atoms with E-state index >= 15 is 0 Å². The Morgan fingerprint density at radius 3 is 2.56 bits per heavy atom. The number of fused-ring (bicyclic) bond motifs is 1. The molecule has 1 aliphatic carbocycles. The Morgan fingerprint density at radius 1 is 1.19 bits per heavy atom. The molecule has 1 spiro atoms. The van der Waals surface area contributed by atoms with E-state index in [0.717, 1.165) is 25.7 Å². The zero-order valence-electron chi connectivity index (χ0n) is 8.73. The summed E-state index contributed by atoms with van der Waals surface area (Å²) in [6.07, 6.45) is 3.95. The van der Waals surface area contributed by atoms with Gasteiger partial charge in [0.1, 0.15) is 0 Å². The minimum Gasteiger partial charge on any atom is -0.478 e. The zero-order chi connectivity index (χ0) is 11.2. The lowest BCUT2D eigenvalue weighted by molar-refractivity contribution is -0.0716. The summed E-state index contributed by atoms with van der Waals surface area (Å²) in [4.78, 5) is 10.8. The second-order valence-corrected chi connectivity index (χ2v) is 4.29. The number of hydrogen-bond donors (Lipinski definition) is 1. The minimum atomic E-state index is -0.946. The molecule has 0 aromatic heterocycles. The molecular weight excluding hydrogens is 208 g/mol. The number of benzene rings is 1. The predicted octanol–water partition coefficient (Wildman–Crippen LogP) is 2.43. The number of ether oxygens (including phenoxy) is 2. The molecule has 1 fully saturated rings. The van der Waals surface area contributed by atoms with Crippen LogP contribution in [0.2, 0.25) is 0 Å². The van der Waals surface area contributed by atoms with Crippen LogP contribution in [0, 0.1) is 0 Å². The van der Waals surface area contributed by atoms with Crippen molar-refractivity contribution in [1.29, 1.82) is 0 Å². The molecule has 1 saturated carbocycles. The second kappa shape index (κ2) is 3.14. The fraction of sp³-hybridized carbons (Fsp3) is 0.417. The summed E-state index contributed by atoms with van der Waals surface area (Å²) in [6, 6.07) is 4.75. The van der Waals surface area contributed by atoms with Crippen molar-refractivity contribution in [2.24, 2.45) is 0 Å². The average molecular weight is 220 g/mol. The summed E-state index contributed by atoms with van der Waals surface area (Å²) < 4.78 is 11.5. The van der Waals surface area contributed by atoms with Crippen molar-refractivity contribution in [2.45, 2.75) is 31.5 Å². The Hall–Kier alpha value is -1.71. The first kappa shape index (κ1) is 9.51. The molecule has 0 saturated heterocycles. The van der Waals surface area contributed by atoms with Crippen LogP contribution in [0.15, 0.2) is 18.2 Å². The first-order chi connectivity index (χ1) is 7.69. The van der Waals surface area contributed by atoms with Crippen molar-refractivity contribution in [2.75, 3.05) is 0 Å². The Bertz CT molecular complexity index is 446. The lowest BCUT2D eigenvalue weighted by Crippen LogP contribution is -2.34. The molecule has 0 radical (unpaired) electrons. The maximum Gasteiger partial charge on any atom is 0.335 e. The number of carbonyl (C=O) groups is 1. The highest BCUT2D eigenvalue weighted by molar-refractivity contribution is 5.88. The molecule has 0 atom stereocenters. The van der Waals surface area contributed by atoms with Crippen LogP contribution in [0.5, 0.6) is 11.5 Å². The second-order valence-electron chi connectivity index (χ2n) is 4.29. The van der Waals surface area contributed by atoms with E-state index in [-0.39, 0.29) is 5.56 Å². The third kappa shape index (κ3) is 1.33. The van der Waals surface area contributed by atoms with Gasteiger partial charge in [-0.25, -0.2) is 4.79 Å². The normalized spacial score (nSPS) is 20.2. The third-order valence-corrected chi connectivity index (χ3v) is 3.15. The number of carboxylic acid groups (broad SMARTS) is 1. The van der Waals surface area contributed by atoms with E-state index in [2.05, 4.69) is 0 Å². The van der Waals surface area contributed by atoms with Crippen molar-refractivity contribution in [3.05, 3.63) is 23.8 Å². The van der Waals surface area contributed by atoms with Gasteiger partial charge in [-0.2, -0.15) is 0 Å². The molecule has 0 bridgehead atoms. The van der Waals surface area contributed by atoms with Gasteiger partial charge in [-0.3, -0.25) is 0 Å². The lowest BCUT2D eigenvalue weighted by Gasteiger charge is -2.21. The fourth-order valence-corrected chi connectivity index (χ4v) is 2.34. The Kier molecular flexibility index (Phi) is 1.87. The Morgan fingerprint density at radius 2 is 1.88 bits per heavy atom. The largest absolute Gasteiger partial charge is 0.478 e. The first-order valence-electron chi connectivity index (χ1n) is 5.44. The number of rotatable bonds is 1. The van der Waals surface area contributed by atoms with E-state index in [4.69, 9.17) is 14.6 Å². The molecule has 3 rings (SSSR count). The maximum absolute atomic E-state index is 10.8. The summed E-state index contributed by atoms with van der Waals surface area (Å²) in [5.74, 6) is -0.244. The van der Waals surface area contributed by atoms with Crippen LogP contribution < -0.4 is 9.47 Å². The van der Waals surface area contributed by atoms with Gasteiger partial charge in [-0.1, -0.05) is 0 Å². The van der Waals surface area contributed by atoms with Crippen LogP contribution in [0.4, 0.5) is 0 Å². The van der Waals surface area contributed by atoms with Gasteiger partial charge in [0.25, 0.3) is 5.79 Å². The minimum absolute atomic E-state index is 0.234. The summed E-state index contributed by atoms with van der Waals surface area (Å²) in [5.41, 5.74) is 0.234. The molecule has 4 nitrogen and oxygen atoms in total. The van der Waals surface area contributed by atoms with Gasteiger partial charge in [0.05, 0.1) is 5.56 Å². The highest BCUT2D eigenvalue weighted by Gasteiger charge is 2.44. The molecule has 1 heterocycles. The molecule has 1 aromatic carbocycles. The van der Waals surface area contributed by atoms with Crippen LogP contribution in [-0.2, 0) is 0 Å². The molecule has 84 valence electrons. The third-order valence-electron chi connectivity index (χ3n) is 3.15. The monoisotopic (exact) mass is 220 g/mol. The van der Waals surface area contributed by atoms with Crippen LogP contribution in [0.1, 0.15) is 36.0 Å². The quantitative estimate of drug-likeness (QED) is 0.789. The fourth-order valence-electron chi connectivity index (χ4n) is 2.34. The molecule has 0 unspecified atom stereocenters. The molecular formula is C12H12O4. The topological polar surface area (TPSA) is 55.8 Å². The lowest BCUT2D eigenvalue weighted by atomic mass is 10.2. The van der Waals surface area contributed by atoms with E-state index in [0.29, 0.717) is 11.5 Å². The predicted molar refractivity (Wildman–Crippen MR) is 55.9 cm³/mol. The first-order valence-corrected chi connectivity index (χ1v) is 5.44. The average Bonchev–Trinajstić information content (AvgIpc) is 2.84. The molecule has 16 heavy (non-hydrogen) atoms. The van der Waals surface area contributed by atoms with E-state index < -0.39 is 11.8 Å². The van der Waals surface area contributed by atoms with E-state index in [1.807, 2.05) is 0 Å². The van der Waals surface area contributed by atoms with E-state index in [9.17, 15) is 4.79 Å². The Labute approximate surface area is 92.8 Å². The summed E-state index contributed by atoms with van der Waals surface area (Å²) >= 11 is 0. The van der Waals surface area contributed by atoms with Crippen molar-refractivity contribution >= 4 is 5.97 Å². The van der Waals surface area contributed by atoms with Gasteiger partial charge < -0.3 is 14.6 Å². The highest BCUT2D eigenvalue weighted by atomic mass is 16.7. The number of hydrogen-bond acceptors (Lipinski definition) is 3.